The van der Waals surface area contributed by atoms with Gasteiger partial charge in [0.1, 0.15) is 19.3 Å². The van der Waals surface area contributed by atoms with E-state index in [0.29, 0.717) is 23.9 Å². The predicted octanol–water partition coefficient (Wildman–Crippen LogP) is 25.5. The lowest BCUT2D eigenvalue weighted by Gasteiger charge is -2.27. The third kappa shape index (κ3) is 70.3. The Balaban J connectivity index is 4.90. The number of nitrogens with zero attached hydrogens (tertiary/aromatic N) is 1. The molecule has 0 aromatic heterocycles. The van der Waals surface area contributed by atoms with Crippen molar-refractivity contribution in [2.75, 3.05) is 40.9 Å². The molecule has 0 aromatic rings. The molecule has 3 unspecified atom stereocenters. The topological polar surface area (TPSA) is 111 Å². The molecule has 1 amide bonds. The van der Waals surface area contributed by atoms with Gasteiger partial charge in [-0.25, -0.2) is 4.57 Å². The highest BCUT2D eigenvalue weighted by Crippen LogP contribution is 2.43. The SMILES string of the molecule is CCCCC/C=C\C/C=C\CCCCCCCCCCCCCCCCCC(=O)OC(/C=C/CCCCCCCCCCCC)C(COP(=O)(O)OCC[N+](C)(C)C)NC(=O)CCCCCCCCCCCCCCCCCCC/C=C/CCCCCCCC. The number of ether oxygens (including phenoxy) is 1. The molecule has 0 saturated heterocycles. The largest absolute Gasteiger partial charge is 0.472 e. The van der Waals surface area contributed by atoms with Crippen molar-refractivity contribution >= 4 is 19.7 Å². The van der Waals surface area contributed by atoms with Crippen LogP contribution in [0, 0.1) is 0 Å². The minimum atomic E-state index is -4.46. The zero-order chi connectivity index (χ0) is 65.6. The smallest absolute Gasteiger partial charge is 0.456 e. The van der Waals surface area contributed by atoms with Gasteiger partial charge in [-0.3, -0.25) is 18.6 Å². The highest BCUT2D eigenvalue weighted by atomic mass is 31.2. The molecule has 0 aromatic carbocycles. The van der Waals surface area contributed by atoms with E-state index in [1.165, 1.54) is 302 Å². The molecular formula is C80H154N2O7P+. The molecule has 0 bridgehead atoms. The number of amides is 1. The lowest BCUT2D eigenvalue weighted by Crippen LogP contribution is -2.47. The molecule has 10 heteroatoms. The summed E-state index contributed by atoms with van der Waals surface area (Å²) in [4.78, 5) is 38.0. The maximum Gasteiger partial charge on any atom is 0.472 e. The van der Waals surface area contributed by atoms with Crippen molar-refractivity contribution in [1.29, 1.82) is 0 Å². The maximum absolute atomic E-state index is 13.7. The maximum atomic E-state index is 13.7. The van der Waals surface area contributed by atoms with E-state index in [1.807, 2.05) is 27.2 Å². The third-order valence-electron chi connectivity index (χ3n) is 18.0. The monoisotopic (exact) mass is 1290 g/mol. The summed E-state index contributed by atoms with van der Waals surface area (Å²) in [5.41, 5.74) is 0. The molecule has 0 heterocycles. The summed E-state index contributed by atoms with van der Waals surface area (Å²) >= 11 is 0. The fraction of sp³-hybridized carbons (Fsp3) is 0.875. The molecule has 9 nitrogen and oxygen atoms in total. The van der Waals surface area contributed by atoms with Crippen molar-refractivity contribution in [3.05, 3.63) is 48.6 Å². The first kappa shape index (κ1) is 88.0. The zero-order valence-corrected chi connectivity index (χ0v) is 61.8. The molecule has 0 aliphatic rings. The van der Waals surface area contributed by atoms with Gasteiger partial charge in [0.05, 0.1) is 33.8 Å². The van der Waals surface area contributed by atoms with Crippen LogP contribution in [0.5, 0.6) is 0 Å². The van der Waals surface area contributed by atoms with Crippen LogP contribution >= 0.6 is 7.82 Å². The van der Waals surface area contributed by atoms with Crippen LogP contribution in [0.2, 0.25) is 0 Å². The minimum absolute atomic E-state index is 0.0427. The molecule has 3 atom stereocenters. The van der Waals surface area contributed by atoms with Crippen LogP contribution in [0.15, 0.2) is 48.6 Å². The van der Waals surface area contributed by atoms with Gasteiger partial charge in [-0.1, -0.05) is 346 Å². The number of hydrogen-bond acceptors (Lipinski definition) is 6. The lowest BCUT2D eigenvalue weighted by atomic mass is 10.0. The number of quaternary nitrogens is 1. The number of esters is 1. The van der Waals surface area contributed by atoms with Crippen molar-refractivity contribution < 1.29 is 37.3 Å². The first-order valence-corrected chi connectivity index (χ1v) is 41.0. The average Bonchev–Trinajstić information content (AvgIpc) is 3.11. The van der Waals surface area contributed by atoms with Gasteiger partial charge in [0.25, 0.3) is 0 Å². The fourth-order valence-electron chi connectivity index (χ4n) is 11.9. The highest BCUT2D eigenvalue weighted by molar-refractivity contribution is 7.47. The van der Waals surface area contributed by atoms with Crippen molar-refractivity contribution in [2.45, 2.75) is 412 Å². The van der Waals surface area contributed by atoms with E-state index in [0.717, 1.165) is 64.2 Å². The molecule has 0 fully saturated rings. The Hall–Kier alpha value is -2.03. The van der Waals surface area contributed by atoms with E-state index in [-0.39, 0.29) is 25.1 Å². The van der Waals surface area contributed by atoms with Crippen LogP contribution in [0.25, 0.3) is 0 Å². The second-order valence-corrected chi connectivity index (χ2v) is 29.7. The van der Waals surface area contributed by atoms with E-state index in [9.17, 15) is 19.0 Å². The molecule has 0 aliphatic heterocycles. The number of phosphoric ester groups is 1. The van der Waals surface area contributed by atoms with Gasteiger partial charge < -0.3 is 19.4 Å². The fourth-order valence-corrected chi connectivity index (χ4v) is 12.6. The predicted molar refractivity (Wildman–Crippen MR) is 392 cm³/mol. The van der Waals surface area contributed by atoms with Crippen molar-refractivity contribution in [3.8, 4) is 0 Å². The Morgan fingerprint density at radius 2 is 0.678 bits per heavy atom. The minimum Gasteiger partial charge on any atom is -0.456 e. The molecule has 90 heavy (non-hydrogen) atoms. The van der Waals surface area contributed by atoms with Gasteiger partial charge in [0.15, 0.2) is 0 Å². The number of unbranched alkanes of at least 4 members (excludes halogenated alkanes) is 51. The first-order valence-electron chi connectivity index (χ1n) is 39.5. The van der Waals surface area contributed by atoms with Crippen molar-refractivity contribution in [2.24, 2.45) is 0 Å². The number of allylic oxidation sites excluding steroid dienone is 7. The standard InChI is InChI=1S/C80H153N2O7P/c1-7-10-13-16-19-22-25-28-30-32-34-36-38-40-41-43-44-46-48-50-52-54-57-60-63-66-69-72-79(83)81-77(76-88-90(85,86)87-75-74-82(4,5)6)78(71-68-65-62-59-56-27-24-21-18-15-12-9-3)89-80(84)73-70-67-64-61-58-55-53-51-49-47-45-42-39-37-35-33-31-29-26-23-20-17-14-11-8-2/h20,23,28-31,68,71,77-78H,7-19,21-22,24-27,32-67,69-70,72-76H2,1-6H3,(H-,81,83,85,86)/p+1/b23-20-,30-28+,31-29-,71-68+. The van der Waals surface area contributed by atoms with Gasteiger partial charge in [-0.05, 0) is 89.5 Å². The molecular weight excluding hydrogens is 1130 g/mol. The summed E-state index contributed by atoms with van der Waals surface area (Å²) in [6.07, 6.45) is 90.0. The van der Waals surface area contributed by atoms with Crippen molar-refractivity contribution in [3.63, 3.8) is 0 Å². The second kappa shape index (κ2) is 69.8. The summed E-state index contributed by atoms with van der Waals surface area (Å²) in [6, 6.07) is -0.847. The van der Waals surface area contributed by atoms with Crippen LogP contribution < -0.4 is 5.32 Å². The highest BCUT2D eigenvalue weighted by Gasteiger charge is 2.30. The normalized spacial score (nSPS) is 13.6. The number of hydrogen-bond donors (Lipinski definition) is 2. The molecule has 530 valence electrons. The van der Waals surface area contributed by atoms with Gasteiger partial charge in [0, 0.05) is 12.8 Å². The van der Waals surface area contributed by atoms with E-state index in [1.54, 1.807) is 0 Å². The van der Waals surface area contributed by atoms with Crippen LogP contribution in [0.1, 0.15) is 400 Å². The average molecular weight is 1290 g/mol. The van der Waals surface area contributed by atoms with Crippen LogP contribution in [0.3, 0.4) is 0 Å². The molecule has 0 saturated carbocycles. The van der Waals surface area contributed by atoms with E-state index in [2.05, 4.69) is 68.6 Å². The number of carbonyl (C=O) groups excluding carboxylic acids is 2. The zero-order valence-electron chi connectivity index (χ0n) is 60.9. The molecule has 0 spiro atoms. The summed E-state index contributed by atoms with van der Waals surface area (Å²) < 4.78 is 30.9. The molecule has 0 radical (unpaired) electrons. The Bertz CT molecular complexity index is 1680. The molecule has 0 rings (SSSR count). The van der Waals surface area contributed by atoms with Crippen LogP contribution in [-0.4, -0.2) is 74.3 Å². The summed E-state index contributed by atoms with van der Waals surface area (Å²) in [6.45, 7) is 7.05. The summed E-state index contributed by atoms with van der Waals surface area (Å²) in [5, 5.41) is 3.09. The Morgan fingerprint density at radius 3 is 1.03 bits per heavy atom. The quantitative estimate of drug-likeness (QED) is 0.0205. The Morgan fingerprint density at radius 1 is 0.389 bits per heavy atom. The van der Waals surface area contributed by atoms with Crippen molar-refractivity contribution in [1.82, 2.24) is 5.32 Å². The first-order chi connectivity index (χ1) is 43.9. The number of rotatable bonds is 73. The lowest BCUT2D eigenvalue weighted by molar-refractivity contribution is -0.870. The third-order valence-corrected chi connectivity index (χ3v) is 19.0. The Labute approximate surface area is 560 Å². The summed E-state index contributed by atoms with van der Waals surface area (Å²) in [5.74, 6) is -0.483. The van der Waals surface area contributed by atoms with Gasteiger partial charge >= 0.3 is 13.8 Å². The number of carbonyl (C=O) groups is 2. The second-order valence-electron chi connectivity index (χ2n) is 28.2. The number of nitrogens with one attached hydrogen (secondary N) is 1. The van der Waals surface area contributed by atoms with E-state index < -0.39 is 20.0 Å². The number of likely N-dealkylation sites (N-methyl/N-ethyl adjacent to an activating group) is 1. The van der Waals surface area contributed by atoms with Gasteiger partial charge in [0.2, 0.25) is 5.91 Å². The summed E-state index contributed by atoms with van der Waals surface area (Å²) in [7, 11) is 1.52. The number of phosphoric acid groups is 1. The molecule has 2 N–H and O–H groups in total. The van der Waals surface area contributed by atoms with Crippen LogP contribution in [0.4, 0.5) is 0 Å². The van der Waals surface area contributed by atoms with E-state index >= 15 is 0 Å². The van der Waals surface area contributed by atoms with E-state index in [4.69, 9.17) is 13.8 Å². The van der Waals surface area contributed by atoms with Crippen LogP contribution in [-0.2, 0) is 27.9 Å². The molecule has 0 aliphatic carbocycles. The van der Waals surface area contributed by atoms with Gasteiger partial charge in [-0.2, -0.15) is 0 Å². The Kier molecular flexibility index (Phi) is 68.2. The van der Waals surface area contributed by atoms with Gasteiger partial charge in [-0.15, -0.1) is 0 Å².